The SMILES string of the molecule is CC(C)=CCSc1ccccc1C(=O)NCCCCCC(=O)O. The van der Waals surface area contributed by atoms with Crippen molar-refractivity contribution in [2.75, 3.05) is 12.3 Å². The molecule has 4 nitrogen and oxygen atoms in total. The minimum Gasteiger partial charge on any atom is -0.481 e. The quantitative estimate of drug-likeness (QED) is 0.383. The van der Waals surface area contributed by atoms with Crippen LogP contribution in [0.3, 0.4) is 0 Å². The molecular formula is C18H25NO3S. The molecule has 5 heteroatoms. The molecule has 126 valence electrons. The van der Waals surface area contributed by atoms with E-state index in [9.17, 15) is 9.59 Å². The Morgan fingerprint density at radius 1 is 1.17 bits per heavy atom. The molecule has 0 heterocycles. The van der Waals surface area contributed by atoms with Gasteiger partial charge >= 0.3 is 5.97 Å². The summed E-state index contributed by atoms with van der Waals surface area (Å²) in [5, 5.41) is 11.5. The molecule has 0 fully saturated rings. The molecule has 0 radical (unpaired) electrons. The highest BCUT2D eigenvalue weighted by atomic mass is 32.2. The largest absolute Gasteiger partial charge is 0.481 e. The van der Waals surface area contributed by atoms with E-state index < -0.39 is 5.97 Å². The van der Waals surface area contributed by atoms with E-state index in [4.69, 9.17) is 5.11 Å². The number of hydrogen-bond donors (Lipinski definition) is 2. The number of carbonyl (C=O) groups is 2. The summed E-state index contributed by atoms with van der Waals surface area (Å²) < 4.78 is 0. The molecule has 1 rings (SSSR count). The van der Waals surface area contributed by atoms with Gasteiger partial charge < -0.3 is 10.4 Å². The number of unbranched alkanes of at least 4 members (excludes halogenated alkanes) is 2. The van der Waals surface area contributed by atoms with Gasteiger partial charge in [-0.15, -0.1) is 11.8 Å². The minimum absolute atomic E-state index is 0.0662. The predicted molar refractivity (Wildman–Crippen MR) is 95.0 cm³/mol. The van der Waals surface area contributed by atoms with Crippen molar-refractivity contribution in [2.45, 2.75) is 44.4 Å². The molecule has 2 N–H and O–H groups in total. The molecule has 23 heavy (non-hydrogen) atoms. The topological polar surface area (TPSA) is 66.4 Å². The summed E-state index contributed by atoms with van der Waals surface area (Å²) in [5.41, 5.74) is 1.96. The molecule has 0 unspecified atom stereocenters. The van der Waals surface area contributed by atoms with Gasteiger partial charge in [0.25, 0.3) is 5.91 Å². The van der Waals surface area contributed by atoms with Gasteiger partial charge in [-0.1, -0.05) is 30.2 Å². The maximum atomic E-state index is 12.3. The smallest absolute Gasteiger partial charge is 0.303 e. The van der Waals surface area contributed by atoms with Gasteiger partial charge in [-0.25, -0.2) is 0 Å². The molecule has 0 spiro atoms. The van der Waals surface area contributed by atoms with E-state index in [0.717, 1.165) is 23.5 Å². The summed E-state index contributed by atoms with van der Waals surface area (Å²) in [5.74, 6) is 0.0156. The molecule has 1 aromatic carbocycles. The Balaban J connectivity index is 2.43. The van der Waals surface area contributed by atoms with Crippen molar-refractivity contribution in [1.82, 2.24) is 5.32 Å². The zero-order valence-corrected chi connectivity index (χ0v) is 14.6. The summed E-state index contributed by atoms with van der Waals surface area (Å²) >= 11 is 1.65. The fourth-order valence-corrected chi connectivity index (χ4v) is 3.04. The Morgan fingerprint density at radius 2 is 1.91 bits per heavy atom. The average molecular weight is 335 g/mol. The van der Waals surface area contributed by atoms with E-state index in [2.05, 4.69) is 25.2 Å². The summed E-state index contributed by atoms with van der Waals surface area (Å²) in [6.07, 6.45) is 4.59. The number of allylic oxidation sites excluding steroid dienone is 1. The first-order valence-corrected chi connectivity index (χ1v) is 8.84. The molecule has 1 aromatic rings. The first-order chi connectivity index (χ1) is 11.0. The highest BCUT2D eigenvalue weighted by Gasteiger charge is 2.10. The van der Waals surface area contributed by atoms with E-state index in [1.807, 2.05) is 24.3 Å². The molecule has 0 aromatic heterocycles. The second-order valence-corrected chi connectivity index (χ2v) is 6.61. The number of nitrogens with one attached hydrogen (secondary N) is 1. The molecule has 0 bridgehead atoms. The lowest BCUT2D eigenvalue weighted by atomic mass is 10.2. The molecule has 0 aliphatic carbocycles. The molecule has 0 saturated heterocycles. The Morgan fingerprint density at radius 3 is 2.61 bits per heavy atom. The third-order valence-corrected chi connectivity index (χ3v) is 4.22. The summed E-state index contributed by atoms with van der Waals surface area (Å²) in [6.45, 7) is 4.69. The first kappa shape index (κ1) is 19.3. The van der Waals surface area contributed by atoms with E-state index in [-0.39, 0.29) is 12.3 Å². The molecule has 0 aliphatic rings. The number of benzene rings is 1. The number of aliphatic carboxylic acids is 1. The minimum atomic E-state index is -0.767. The predicted octanol–water partition coefficient (Wildman–Crippen LogP) is 4.12. The highest BCUT2D eigenvalue weighted by molar-refractivity contribution is 7.99. The number of rotatable bonds is 10. The number of hydrogen-bond acceptors (Lipinski definition) is 3. The van der Waals surface area contributed by atoms with Crippen LogP contribution in [0, 0.1) is 0 Å². The van der Waals surface area contributed by atoms with Crippen molar-refractivity contribution >= 4 is 23.6 Å². The zero-order valence-electron chi connectivity index (χ0n) is 13.8. The standard InChI is InChI=1S/C18H25NO3S/c1-14(2)11-13-23-16-9-6-5-8-15(16)18(22)19-12-7-3-4-10-17(20)21/h5-6,8-9,11H,3-4,7,10,12-13H2,1-2H3,(H,19,22)(H,20,21). The molecule has 0 atom stereocenters. The Labute approximate surface area is 142 Å². The highest BCUT2D eigenvalue weighted by Crippen LogP contribution is 2.23. The van der Waals surface area contributed by atoms with Crippen LogP contribution in [-0.4, -0.2) is 29.3 Å². The van der Waals surface area contributed by atoms with Crippen LogP contribution in [-0.2, 0) is 4.79 Å². The zero-order chi connectivity index (χ0) is 17.1. The van der Waals surface area contributed by atoms with Crippen molar-refractivity contribution < 1.29 is 14.7 Å². The normalized spacial score (nSPS) is 10.2. The molecule has 0 aliphatic heterocycles. The third-order valence-electron chi connectivity index (χ3n) is 3.22. The van der Waals surface area contributed by atoms with Crippen LogP contribution < -0.4 is 5.32 Å². The summed E-state index contributed by atoms with van der Waals surface area (Å²) in [4.78, 5) is 23.7. The molecule has 0 saturated carbocycles. The summed E-state index contributed by atoms with van der Waals surface area (Å²) in [6, 6.07) is 7.61. The van der Waals surface area contributed by atoms with Crippen LogP contribution in [0.5, 0.6) is 0 Å². The third kappa shape index (κ3) is 8.45. The second kappa shape index (κ2) is 10.9. The van der Waals surface area contributed by atoms with Gasteiger partial charge in [0.05, 0.1) is 5.56 Å². The average Bonchev–Trinajstić information content (AvgIpc) is 2.50. The van der Waals surface area contributed by atoms with Gasteiger partial charge in [-0.3, -0.25) is 9.59 Å². The Bertz CT molecular complexity index is 551. The van der Waals surface area contributed by atoms with E-state index >= 15 is 0 Å². The van der Waals surface area contributed by atoms with Crippen molar-refractivity contribution in [3.8, 4) is 0 Å². The van der Waals surface area contributed by atoms with Crippen LogP contribution in [0.15, 0.2) is 40.8 Å². The van der Waals surface area contributed by atoms with Crippen LogP contribution >= 0.6 is 11.8 Å². The van der Waals surface area contributed by atoms with Crippen LogP contribution in [0.4, 0.5) is 0 Å². The van der Waals surface area contributed by atoms with Crippen molar-refractivity contribution in [2.24, 2.45) is 0 Å². The maximum Gasteiger partial charge on any atom is 0.303 e. The Kier molecular flexibility index (Phi) is 9.14. The number of carbonyl (C=O) groups excluding carboxylic acids is 1. The van der Waals surface area contributed by atoms with Gasteiger partial charge in [0.2, 0.25) is 0 Å². The monoisotopic (exact) mass is 335 g/mol. The number of carboxylic acids is 1. The van der Waals surface area contributed by atoms with Crippen molar-refractivity contribution in [1.29, 1.82) is 0 Å². The van der Waals surface area contributed by atoms with Gasteiger partial charge in [-0.2, -0.15) is 0 Å². The van der Waals surface area contributed by atoms with Gasteiger partial charge in [0.15, 0.2) is 0 Å². The fraction of sp³-hybridized carbons (Fsp3) is 0.444. The van der Waals surface area contributed by atoms with Crippen LogP contribution in [0.1, 0.15) is 49.9 Å². The van der Waals surface area contributed by atoms with Crippen LogP contribution in [0.2, 0.25) is 0 Å². The number of thioether (sulfide) groups is 1. The lowest BCUT2D eigenvalue weighted by molar-refractivity contribution is -0.137. The van der Waals surface area contributed by atoms with Gasteiger partial charge in [0.1, 0.15) is 0 Å². The fourth-order valence-electron chi connectivity index (χ4n) is 1.95. The van der Waals surface area contributed by atoms with E-state index in [1.165, 1.54) is 5.57 Å². The summed E-state index contributed by atoms with van der Waals surface area (Å²) in [7, 11) is 0. The maximum absolute atomic E-state index is 12.3. The number of carboxylic acid groups (broad SMARTS) is 1. The molecule has 1 amide bonds. The van der Waals surface area contributed by atoms with E-state index in [0.29, 0.717) is 18.5 Å². The van der Waals surface area contributed by atoms with Crippen LogP contribution in [0.25, 0.3) is 0 Å². The van der Waals surface area contributed by atoms with Gasteiger partial charge in [-0.05, 0) is 38.8 Å². The van der Waals surface area contributed by atoms with E-state index in [1.54, 1.807) is 11.8 Å². The van der Waals surface area contributed by atoms with Gasteiger partial charge in [0, 0.05) is 23.6 Å². The molecular weight excluding hydrogens is 310 g/mol. The lowest BCUT2D eigenvalue weighted by Gasteiger charge is -2.09. The number of amides is 1. The Hall–Kier alpha value is -1.75. The first-order valence-electron chi connectivity index (χ1n) is 7.86. The second-order valence-electron chi connectivity index (χ2n) is 5.55. The lowest BCUT2D eigenvalue weighted by Crippen LogP contribution is -2.25. The van der Waals surface area contributed by atoms with Crippen molar-refractivity contribution in [3.63, 3.8) is 0 Å². The van der Waals surface area contributed by atoms with Crippen molar-refractivity contribution in [3.05, 3.63) is 41.5 Å².